The Hall–Kier alpha value is -2.05. The summed E-state index contributed by atoms with van der Waals surface area (Å²) < 4.78 is 5.42. The lowest BCUT2D eigenvalue weighted by atomic mass is 10.2. The highest BCUT2D eigenvalue weighted by Crippen LogP contribution is 2.32. The normalized spacial score (nSPS) is 15.3. The Labute approximate surface area is 153 Å². The molecule has 1 fully saturated rings. The number of likely N-dealkylation sites (N-methyl/N-ethyl adjacent to an activating group) is 1. The highest BCUT2D eigenvalue weighted by Gasteiger charge is 2.18. The number of anilines is 3. The molecular formula is C18H24ClN5O. The molecule has 25 heavy (non-hydrogen) atoms. The Kier molecular flexibility index (Phi) is 5.60. The van der Waals surface area contributed by atoms with E-state index < -0.39 is 0 Å². The molecule has 134 valence electrons. The van der Waals surface area contributed by atoms with Crippen LogP contribution in [0.25, 0.3) is 0 Å². The molecule has 1 aliphatic heterocycles. The van der Waals surface area contributed by atoms with Crippen LogP contribution in [0.5, 0.6) is 5.75 Å². The summed E-state index contributed by atoms with van der Waals surface area (Å²) in [6.07, 6.45) is 1.78. The van der Waals surface area contributed by atoms with Crippen LogP contribution in [0, 0.1) is 6.92 Å². The summed E-state index contributed by atoms with van der Waals surface area (Å²) in [4.78, 5) is 13.8. The van der Waals surface area contributed by atoms with Crippen LogP contribution in [0.15, 0.2) is 24.4 Å². The second-order valence-corrected chi connectivity index (χ2v) is 6.50. The maximum atomic E-state index is 6.17. The predicted octanol–water partition coefficient (Wildman–Crippen LogP) is 3.33. The van der Waals surface area contributed by atoms with E-state index in [-0.39, 0.29) is 0 Å². The number of aromatic nitrogens is 2. The van der Waals surface area contributed by atoms with Crippen molar-refractivity contribution in [3.8, 4) is 5.75 Å². The molecule has 0 amide bonds. The van der Waals surface area contributed by atoms with Gasteiger partial charge in [-0.05, 0) is 31.2 Å². The molecule has 0 saturated carbocycles. The van der Waals surface area contributed by atoms with E-state index in [2.05, 4.69) is 32.0 Å². The number of aryl methyl sites for hydroxylation is 1. The van der Waals surface area contributed by atoms with Crippen LogP contribution in [0.1, 0.15) is 12.5 Å². The molecular weight excluding hydrogens is 338 g/mol. The zero-order valence-corrected chi connectivity index (χ0v) is 15.7. The first kappa shape index (κ1) is 17.8. The lowest BCUT2D eigenvalue weighted by molar-refractivity contribution is 0.270. The summed E-state index contributed by atoms with van der Waals surface area (Å²) in [5, 5.41) is 4.00. The fraction of sp³-hybridized carbons (Fsp3) is 0.444. The number of halogens is 1. The van der Waals surface area contributed by atoms with E-state index in [0.29, 0.717) is 10.8 Å². The molecule has 7 heteroatoms. The van der Waals surface area contributed by atoms with E-state index in [1.807, 2.05) is 25.1 Å². The van der Waals surface area contributed by atoms with Gasteiger partial charge in [-0.15, -0.1) is 0 Å². The van der Waals surface area contributed by atoms with E-state index in [1.54, 1.807) is 13.3 Å². The average Bonchev–Trinajstić information content (AvgIpc) is 2.65. The van der Waals surface area contributed by atoms with Crippen molar-refractivity contribution in [3.63, 3.8) is 0 Å². The number of methoxy groups -OCH3 is 1. The van der Waals surface area contributed by atoms with Gasteiger partial charge in [0, 0.05) is 43.5 Å². The SMILES string of the molecule is CCN1CCN(c2nccc(Nc3cc(C)c(Cl)cc3OC)n2)CC1. The standard InChI is InChI=1S/C18H24ClN5O/c1-4-23-7-9-24(10-8-23)18-20-6-5-17(22-18)21-15-11-13(2)14(19)12-16(15)25-3/h5-6,11-12H,4,7-10H2,1-3H3,(H,20,21,22). The highest BCUT2D eigenvalue weighted by atomic mass is 35.5. The monoisotopic (exact) mass is 361 g/mol. The Morgan fingerprint density at radius 2 is 2.00 bits per heavy atom. The molecule has 0 bridgehead atoms. The number of piperazine rings is 1. The second kappa shape index (κ2) is 7.89. The summed E-state index contributed by atoms with van der Waals surface area (Å²) in [5.41, 5.74) is 1.82. The maximum absolute atomic E-state index is 6.17. The number of hydrogen-bond acceptors (Lipinski definition) is 6. The summed E-state index contributed by atoms with van der Waals surface area (Å²) in [6, 6.07) is 5.63. The first-order valence-electron chi connectivity index (χ1n) is 8.52. The van der Waals surface area contributed by atoms with Crippen molar-refractivity contribution in [2.45, 2.75) is 13.8 Å². The highest BCUT2D eigenvalue weighted by molar-refractivity contribution is 6.31. The molecule has 2 aromatic rings. The van der Waals surface area contributed by atoms with E-state index in [9.17, 15) is 0 Å². The summed E-state index contributed by atoms with van der Waals surface area (Å²) in [6.45, 7) is 9.22. The minimum Gasteiger partial charge on any atom is -0.495 e. The maximum Gasteiger partial charge on any atom is 0.227 e. The number of rotatable bonds is 5. The largest absolute Gasteiger partial charge is 0.495 e. The average molecular weight is 362 g/mol. The van der Waals surface area contributed by atoms with Crippen LogP contribution in [-0.4, -0.2) is 54.7 Å². The first-order chi connectivity index (χ1) is 12.1. The van der Waals surface area contributed by atoms with Crippen molar-refractivity contribution in [3.05, 3.63) is 35.0 Å². The molecule has 1 aromatic heterocycles. The van der Waals surface area contributed by atoms with Gasteiger partial charge in [-0.3, -0.25) is 0 Å². The Bertz CT molecular complexity index is 731. The number of nitrogens with one attached hydrogen (secondary N) is 1. The molecule has 1 aromatic carbocycles. The minimum atomic E-state index is 0.680. The van der Waals surface area contributed by atoms with Gasteiger partial charge in [-0.25, -0.2) is 4.98 Å². The van der Waals surface area contributed by atoms with Gasteiger partial charge in [0.25, 0.3) is 0 Å². The topological polar surface area (TPSA) is 53.5 Å². The zero-order valence-electron chi connectivity index (χ0n) is 14.9. The quantitative estimate of drug-likeness (QED) is 0.881. The van der Waals surface area contributed by atoms with Gasteiger partial charge in [0.15, 0.2) is 0 Å². The third kappa shape index (κ3) is 4.14. The predicted molar refractivity (Wildman–Crippen MR) is 102 cm³/mol. The van der Waals surface area contributed by atoms with Crippen LogP contribution in [0.3, 0.4) is 0 Å². The molecule has 3 rings (SSSR count). The van der Waals surface area contributed by atoms with Gasteiger partial charge in [0.05, 0.1) is 12.8 Å². The van der Waals surface area contributed by atoms with Gasteiger partial charge >= 0.3 is 0 Å². The number of benzene rings is 1. The molecule has 6 nitrogen and oxygen atoms in total. The van der Waals surface area contributed by atoms with Crippen LogP contribution in [0.2, 0.25) is 5.02 Å². The fourth-order valence-corrected chi connectivity index (χ4v) is 3.06. The van der Waals surface area contributed by atoms with Crippen LogP contribution < -0.4 is 15.0 Å². The molecule has 1 aliphatic rings. The first-order valence-corrected chi connectivity index (χ1v) is 8.90. The number of ether oxygens (including phenoxy) is 1. The van der Waals surface area contributed by atoms with Gasteiger partial charge < -0.3 is 19.9 Å². The van der Waals surface area contributed by atoms with E-state index in [4.69, 9.17) is 16.3 Å². The van der Waals surface area contributed by atoms with Crippen LogP contribution in [0.4, 0.5) is 17.5 Å². The molecule has 2 heterocycles. The van der Waals surface area contributed by atoms with Crippen LogP contribution in [-0.2, 0) is 0 Å². The van der Waals surface area contributed by atoms with Gasteiger partial charge in [-0.1, -0.05) is 18.5 Å². The van der Waals surface area contributed by atoms with Crippen molar-refractivity contribution in [2.24, 2.45) is 0 Å². The van der Waals surface area contributed by atoms with E-state index in [1.165, 1.54) is 0 Å². The lowest BCUT2D eigenvalue weighted by Gasteiger charge is -2.34. The summed E-state index contributed by atoms with van der Waals surface area (Å²) in [7, 11) is 1.63. The molecule has 0 spiro atoms. The van der Waals surface area contributed by atoms with E-state index >= 15 is 0 Å². The van der Waals surface area contributed by atoms with Crippen molar-refractivity contribution in [1.82, 2.24) is 14.9 Å². The Morgan fingerprint density at radius 1 is 1.24 bits per heavy atom. The smallest absolute Gasteiger partial charge is 0.227 e. The second-order valence-electron chi connectivity index (χ2n) is 6.09. The van der Waals surface area contributed by atoms with Crippen molar-refractivity contribution in [2.75, 3.05) is 50.1 Å². The van der Waals surface area contributed by atoms with Crippen molar-refractivity contribution < 1.29 is 4.74 Å². The molecule has 1 N–H and O–H groups in total. The van der Waals surface area contributed by atoms with Gasteiger partial charge in [0.1, 0.15) is 11.6 Å². The number of nitrogens with zero attached hydrogens (tertiary/aromatic N) is 4. The van der Waals surface area contributed by atoms with Gasteiger partial charge in [-0.2, -0.15) is 4.98 Å². The van der Waals surface area contributed by atoms with Crippen molar-refractivity contribution >= 4 is 29.1 Å². The minimum absolute atomic E-state index is 0.680. The van der Waals surface area contributed by atoms with Gasteiger partial charge in [0.2, 0.25) is 5.95 Å². The number of hydrogen-bond donors (Lipinski definition) is 1. The van der Waals surface area contributed by atoms with Crippen LogP contribution >= 0.6 is 11.6 Å². The lowest BCUT2D eigenvalue weighted by Crippen LogP contribution is -2.46. The van der Waals surface area contributed by atoms with E-state index in [0.717, 1.165) is 55.7 Å². The van der Waals surface area contributed by atoms with Crippen molar-refractivity contribution in [1.29, 1.82) is 0 Å². The third-order valence-corrected chi connectivity index (χ3v) is 4.90. The summed E-state index contributed by atoms with van der Waals surface area (Å²) in [5.74, 6) is 2.18. The Morgan fingerprint density at radius 3 is 2.68 bits per heavy atom. The molecule has 0 radical (unpaired) electrons. The zero-order chi connectivity index (χ0) is 17.8. The molecule has 0 atom stereocenters. The Balaban J connectivity index is 1.78. The molecule has 1 saturated heterocycles. The third-order valence-electron chi connectivity index (χ3n) is 4.49. The molecule has 0 unspecified atom stereocenters. The molecule has 0 aliphatic carbocycles. The summed E-state index contributed by atoms with van der Waals surface area (Å²) >= 11 is 6.17. The fourth-order valence-electron chi connectivity index (χ4n) is 2.90.